The van der Waals surface area contributed by atoms with Gasteiger partial charge in [-0.1, -0.05) is 0 Å². The number of aromatic amines is 1. The van der Waals surface area contributed by atoms with E-state index >= 15 is 0 Å². The van der Waals surface area contributed by atoms with Gasteiger partial charge in [0, 0.05) is 19.2 Å². The largest absolute Gasteiger partial charge is 0.281 e. The fourth-order valence-electron chi connectivity index (χ4n) is 1.98. The van der Waals surface area contributed by atoms with Gasteiger partial charge in [-0.3, -0.25) is 19.5 Å². The van der Waals surface area contributed by atoms with E-state index in [-0.39, 0.29) is 10.6 Å². The van der Waals surface area contributed by atoms with E-state index in [1.807, 2.05) is 0 Å². The van der Waals surface area contributed by atoms with Crippen LogP contribution in [-0.4, -0.2) is 30.6 Å². The average molecular weight is 310 g/mol. The Morgan fingerprint density at radius 1 is 1.24 bits per heavy atom. The van der Waals surface area contributed by atoms with Crippen LogP contribution in [-0.2, 0) is 10.0 Å². The molecule has 8 nitrogen and oxygen atoms in total. The summed E-state index contributed by atoms with van der Waals surface area (Å²) in [6.07, 6.45) is 0. The Bertz CT molecular complexity index is 761. The van der Waals surface area contributed by atoms with E-state index in [1.54, 1.807) is 13.8 Å². The second-order valence-corrected chi connectivity index (χ2v) is 6.42. The standard InChI is InChI=1S/C12H14N4O4S/c1-8-12(9(2)14-13-8)21(19,20)15(3)10-4-6-11(7-5-10)16(17)18/h4-7H,1-3H3,(H,13,14). The van der Waals surface area contributed by atoms with Gasteiger partial charge in [0.15, 0.2) is 0 Å². The van der Waals surface area contributed by atoms with Gasteiger partial charge in [0.25, 0.3) is 15.7 Å². The van der Waals surface area contributed by atoms with Crippen molar-refractivity contribution >= 4 is 21.4 Å². The molecule has 2 aromatic rings. The SMILES string of the molecule is Cc1n[nH]c(C)c1S(=O)(=O)N(C)c1ccc([N+](=O)[O-])cc1. The highest BCUT2D eigenvalue weighted by Gasteiger charge is 2.27. The van der Waals surface area contributed by atoms with Crippen molar-refractivity contribution in [3.05, 3.63) is 45.8 Å². The average Bonchev–Trinajstić information content (AvgIpc) is 2.78. The zero-order valence-corrected chi connectivity index (χ0v) is 12.5. The molecule has 0 amide bonds. The van der Waals surface area contributed by atoms with Crippen molar-refractivity contribution in [3.63, 3.8) is 0 Å². The monoisotopic (exact) mass is 310 g/mol. The van der Waals surface area contributed by atoms with Crippen LogP contribution in [0.3, 0.4) is 0 Å². The molecular weight excluding hydrogens is 296 g/mol. The van der Waals surface area contributed by atoms with Crippen molar-refractivity contribution in [2.45, 2.75) is 18.7 Å². The molecule has 0 aliphatic carbocycles. The van der Waals surface area contributed by atoms with Crippen LogP contribution in [0.25, 0.3) is 0 Å². The number of anilines is 1. The Balaban J connectivity index is 2.43. The Morgan fingerprint density at radius 3 is 2.24 bits per heavy atom. The fraction of sp³-hybridized carbons (Fsp3) is 0.250. The molecule has 0 saturated heterocycles. The number of hydrogen-bond donors (Lipinski definition) is 1. The summed E-state index contributed by atoms with van der Waals surface area (Å²) in [4.78, 5) is 10.2. The number of H-pyrrole nitrogens is 1. The van der Waals surface area contributed by atoms with Crippen molar-refractivity contribution in [1.82, 2.24) is 10.2 Å². The van der Waals surface area contributed by atoms with Crippen molar-refractivity contribution < 1.29 is 13.3 Å². The lowest BCUT2D eigenvalue weighted by Gasteiger charge is -2.19. The van der Waals surface area contributed by atoms with Gasteiger partial charge < -0.3 is 0 Å². The number of aryl methyl sites for hydroxylation is 2. The van der Waals surface area contributed by atoms with Crippen LogP contribution in [0.5, 0.6) is 0 Å². The highest BCUT2D eigenvalue weighted by Crippen LogP contribution is 2.26. The molecule has 1 aromatic heterocycles. The van der Waals surface area contributed by atoms with E-state index in [1.165, 1.54) is 31.3 Å². The van der Waals surface area contributed by atoms with Crippen LogP contribution in [0.15, 0.2) is 29.2 Å². The number of nitro benzene ring substituents is 1. The topological polar surface area (TPSA) is 109 Å². The first-order valence-electron chi connectivity index (χ1n) is 6.00. The third-order valence-electron chi connectivity index (χ3n) is 3.10. The summed E-state index contributed by atoms with van der Waals surface area (Å²) in [5.41, 5.74) is 1.06. The molecule has 2 rings (SSSR count). The summed E-state index contributed by atoms with van der Waals surface area (Å²) in [7, 11) is -2.38. The highest BCUT2D eigenvalue weighted by atomic mass is 32.2. The van der Waals surface area contributed by atoms with Crippen molar-refractivity contribution in [2.75, 3.05) is 11.4 Å². The van der Waals surface area contributed by atoms with Crippen LogP contribution in [0.4, 0.5) is 11.4 Å². The normalized spacial score (nSPS) is 11.4. The number of sulfonamides is 1. The number of nitrogens with one attached hydrogen (secondary N) is 1. The molecule has 0 atom stereocenters. The highest BCUT2D eigenvalue weighted by molar-refractivity contribution is 7.92. The van der Waals surface area contributed by atoms with E-state index in [9.17, 15) is 18.5 Å². The smallest absolute Gasteiger partial charge is 0.269 e. The summed E-state index contributed by atoms with van der Waals surface area (Å²) < 4.78 is 26.2. The van der Waals surface area contributed by atoms with E-state index in [0.717, 1.165) is 4.31 Å². The number of nitro groups is 1. The molecule has 0 bridgehead atoms. The number of hydrogen-bond acceptors (Lipinski definition) is 5. The molecule has 21 heavy (non-hydrogen) atoms. The van der Waals surface area contributed by atoms with Gasteiger partial charge in [-0.25, -0.2) is 8.42 Å². The molecule has 0 aliphatic rings. The maximum atomic E-state index is 12.6. The molecule has 1 heterocycles. The summed E-state index contributed by atoms with van der Waals surface area (Å²) >= 11 is 0. The summed E-state index contributed by atoms with van der Waals surface area (Å²) in [5.74, 6) is 0. The van der Waals surface area contributed by atoms with Gasteiger partial charge >= 0.3 is 0 Å². The molecule has 1 N–H and O–H groups in total. The third kappa shape index (κ3) is 2.59. The maximum Gasteiger partial charge on any atom is 0.269 e. The number of benzene rings is 1. The second-order valence-electron chi connectivity index (χ2n) is 4.51. The molecular formula is C12H14N4O4S. The van der Waals surface area contributed by atoms with Crippen LogP contribution in [0.1, 0.15) is 11.4 Å². The van der Waals surface area contributed by atoms with Crippen molar-refractivity contribution in [3.8, 4) is 0 Å². The number of rotatable bonds is 4. The molecule has 1 aromatic carbocycles. The van der Waals surface area contributed by atoms with E-state index in [4.69, 9.17) is 0 Å². The van der Waals surface area contributed by atoms with Gasteiger partial charge in [0.2, 0.25) is 0 Å². The Kier molecular flexibility index (Phi) is 3.69. The predicted octanol–water partition coefficient (Wildman–Crippen LogP) is 1.76. The maximum absolute atomic E-state index is 12.6. The van der Waals surface area contributed by atoms with E-state index in [0.29, 0.717) is 17.1 Å². The lowest BCUT2D eigenvalue weighted by atomic mass is 10.3. The summed E-state index contributed by atoms with van der Waals surface area (Å²) in [6.45, 7) is 3.22. The molecule has 9 heteroatoms. The quantitative estimate of drug-likeness (QED) is 0.683. The molecule has 0 fully saturated rings. The van der Waals surface area contributed by atoms with E-state index < -0.39 is 14.9 Å². The van der Waals surface area contributed by atoms with Gasteiger partial charge in [-0.15, -0.1) is 0 Å². The molecule has 0 aliphatic heterocycles. The molecule has 0 radical (unpaired) electrons. The van der Waals surface area contributed by atoms with Gasteiger partial charge in [0.05, 0.1) is 22.0 Å². The second kappa shape index (κ2) is 5.17. The predicted molar refractivity (Wildman–Crippen MR) is 76.7 cm³/mol. The number of nitrogens with zero attached hydrogens (tertiary/aromatic N) is 3. The van der Waals surface area contributed by atoms with Crippen LogP contribution < -0.4 is 4.31 Å². The molecule has 0 unspecified atom stereocenters. The van der Waals surface area contributed by atoms with Gasteiger partial charge in [0.1, 0.15) is 4.90 Å². The zero-order chi connectivity index (χ0) is 15.8. The first-order chi connectivity index (χ1) is 9.75. The Hall–Kier alpha value is -2.42. The molecule has 112 valence electrons. The fourth-order valence-corrected chi connectivity index (χ4v) is 3.51. The Morgan fingerprint density at radius 2 is 1.81 bits per heavy atom. The third-order valence-corrected chi connectivity index (χ3v) is 5.15. The van der Waals surface area contributed by atoms with Crippen molar-refractivity contribution in [2.24, 2.45) is 0 Å². The number of aromatic nitrogens is 2. The zero-order valence-electron chi connectivity index (χ0n) is 11.7. The minimum atomic E-state index is -3.77. The van der Waals surface area contributed by atoms with Gasteiger partial charge in [-0.2, -0.15) is 5.10 Å². The van der Waals surface area contributed by atoms with E-state index in [2.05, 4.69) is 10.2 Å². The summed E-state index contributed by atoms with van der Waals surface area (Å²) in [6, 6.07) is 5.30. The number of non-ortho nitro benzene ring substituents is 1. The molecule has 0 saturated carbocycles. The van der Waals surface area contributed by atoms with Crippen LogP contribution in [0, 0.1) is 24.0 Å². The van der Waals surface area contributed by atoms with Crippen molar-refractivity contribution in [1.29, 1.82) is 0 Å². The summed E-state index contributed by atoms with van der Waals surface area (Å²) in [5, 5.41) is 17.1. The van der Waals surface area contributed by atoms with Gasteiger partial charge in [-0.05, 0) is 26.0 Å². The first kappa shape index (κ1) is 15.0. The minimum Gasteiger partial charge on any atom is -0.281 e. The first-order valence-corrected chi connectivity index (χ1v) is 7.44. The molecule has 0 spiro atoms. The lowest BCUT2D eigenvalue weighted by molar-refractivity contribution is -0.384. The van der Waals surface area contributed by atoms with Crippen LogP contribution >= 0.6 is 0 Å². The van der Waals surface area contributed by atoms with Crippen LogP contribution in [0.2, 0.25) is 0 Å². The lowest BCUT2D eigenvalue weighted by Crippen LogP contribution is -2.27. The minimum absolute atomic E-state index is 0.0970. The Labute approximate surface area is 121 Å².